The second-order valence-corrected chi connectivity index (χ2v) is 4.31. The molecule has 114 valence electrons. The Balaban J connectivity index is 2.55. The Hall–Kier alpha value is -2.57. The van der Waals surface area contributed by atoms with E-state index in [4.69, 9.17) is 5.11 Å². The van der Waals surface area contributed by atoms with Crippen LogP contribution in [-0.2, 0) is 16.0 Å². The average Bonchev–Trinajstić information content (AvgIpc) is 2.44. The summed E-state index contributed by atoms with van der Waals surface area (Å²) in [5.74, 6) is -1.17. The van der Waals surface area contributed by atoms with Gasteiger partial charge in [0.05, 0.1) is 6.54 Å². The summed E-state index contributed by atoms with van der Waals surface area (Å²) in [6.45, 7) is 2.17. The third-order valence-corrected chi connectivity index (χ3v) is 2.66. The number of para-hydroxylation sites is 1. The first-order valence-electron chi connectivity index (χ1n) is 6.64. The molecule has 4 N–H and O–H groups in total. The van der Waals surface area contributed by atoms with E-state index in [2.05, 4.69) is 16.0 Å². The standard InChI is InChI=1S/C14H19N3O4/c1-2-15-12(18)9-16-14(21)17-11-6-4-3-5-10(11)7-8-13(19)20/h3-6H,2,7-9H2,1H3,(H,15,18)(H,19,20)(H2,16,17,21). The van der Waals surface area contributed by atoms with Gasteiger partial charge >= 0.3 is 12.0 Å². The van der Waals surface area contributed by atoms with Crippen LogP contribution in [0.3, 0.4) is 0 Å². The summed E-state index contributed by atoms with van der Waals surface area (Å²) in [5, 5.41) is 16.3. The Kier molecular flexibility index (Phi) is 6.73. The van der Waals surface area contributed by atoms with Crippen LogP contribution in [0.1, 0.15) is 18.9 Å². The first-order chi connectivity index (χ1) is 10.0. The third kappa shape index (κ3) is 6.42. The van der Waals surface area contributed by atoms with Gasteiger partial charge in [-0.25, -0.2) is 4.79 Å². The lowest BCUT2D eigenvalue weighted by atomic mass is 10.1. The summed E-state index contributed by atoms with van der Waals surface area (Å²) in [4.78, 5) is 33.5. The molecule has 3 amide bonds. The Bertz CT molecular complexity index is 517. The van der Waals surface area contributed by atoms with Crippen molar-refractivity contribution in [1.82, 2.24) is 10.6 Å². The molecule has 0 atom stereocenters. The maximum Gasteiger partial charge on any atom is 0.319 e. The van der Waals surface area contributed by atoms with Gasteiger partial charge in [0.1, 0.15) is 0 Å². The van der Waals surface area contributed by atoms with E-state index in [0.717, 1.165) is 5.56 Å². The molecular weight excluding hydrogens is 274 g/mol. The molecular formula is C14H19N3O4. The summed E-state index contributed by atoms with van der Waals surface area (Å²) in [6, 6.07) is 6.44. The van der Waals surface area contributed by atoms with Crippen LogP contribution in [0.25, 0.3) is 0 Å². The van der Waals surface area contributed by atoms with Crippen molar-refractivity contribution in [3.8, 4) is 0 Å². The third-order valence-electron chi connectivity index (χ3n) is 2.66. The summed E-state index contributed by atoms with van der Waals surface area (Å²) in [6.07, 6.45) is 0.307. The van der Waals surface area contributed by atoms with Crippen LogP contribution >= 0.6 is 0 Å². The number of amides is 3. The van der Waals surface area contributed by atoms with Crippen molar-refractivity contribution in [2.45, 2.75) is 19.8 Å². The lowest BCUT2D eigenvalue weighted by Gasteiger charge is -2.11. The summed E-state index contributed by atoms with van der Waals surface area (Å²) in [7, 11) is 0. The molecule has 0 heterocycles. The number of urea groups is 1. The van der Waals surface area contributed by atoms with E-state index >= 15 is 0 Å². The molecule has 0 aliphatic rings. The molecule has 0 aliphatic heterocycles. The van der Waals surface area contributed by atoms with E-state index in [0.29, 0.717) is 18.7 Å². The van der Waals surface area contributed by atoms with Gasteiger partial charge in [0.15, 0.2) is 0 Å². The smallest absolute Gasteiger partial charge is 0.319 e. The van der Waals surface area contributed by atoms with E-state index in [-0.39, 0.29) is 18.9 Å². The van der Waals surface area contributed by atoms with Gasteiger partial charge in [0, 0.05) is 18.7 Å². The predicted octanol–water partition coefficient (Wildman–Crippen LogP) is 0.961. The monoisotopic (exact) mass is 293 g/mol. The molecule has 0 spiro atoms. The fourth-order valence-corrected chi connectivity index (χ4v) is 1.69. The quantitative estimate of drug-likeness (QED) is 0.600. The molecule has 0 saturated carbocycles. The summed E-state index contributed by atoms with van der Waals surface area (Å²) < 4.78 is 0. The molecule has 1 rings (SSSR count). The maximum absolute atomic E-state index is 11.7. The topological polar surface area (TPSA) is 108 Å². The maximum atomic E-state index is 11.7. The number of benzene rings is 1. The van der Waals surface area contributed by atoms with Crippen molar-refractivity contribution in [1.29, 1.82) is 0 Å². The van der Waals surface area contributed by atoms with Gasteiger partial charge < -0.3 is 21.1 Å². The molecule has 0 bridgehead atoms. The molecule has 0 aromatic heterocycles. The second-order valence-electron chi connectivity index (χ2n) is 4.31. The number of carbonyl (C=O) groups excluding carboxylic acids is 2. The number of hydrogen-bond donors (Lipinski definition) is 4. The number of rotatable bonds is 7. The Morgan fingerprint density at radius 2 is 1.86 bits per heavy atom. The largest absolute Gasteiger partial charge is 0.481 e. The number of carbonyl (C=O) groups is 3. The van der Waals surface area contributed by atoms with E-state index in [1.54, 1.807) is 31.2 Å². The minimum atomic E-state index is -0.898. The molecule has 1 aromatic carbocycles. The number of aryl methyl sites for hydroxylation is 1. The summed E-state index contributed by atoms with van der Waals surface area (Å²) >= 11 is 0. The normalized spacial score (nSPS) is 9.76. The molecule has 21 heavy (non-hydrogen) atoms. The van der Waals surface area contributed by atoms with Crippen LogP contribution in [0, 0.1) is 0 Å². The van der Waals surface area contributed by atoms with Crippen molar-refractivity contribution in [3.63, 3.8) is 0 Å². The van der Waals surface area contributed by atoms with Gasteiger partial charge in [-0.15, -0.1) is 0 Å². The first kappa shape index (κ1) is 16.5. The fourth-order valence-electron chi connectivity index (χ4n) is 1.69. The highest BCUT2D eigenvalue weighted by Gasteiger charge is 2.08. The van der Waals surface area contributed by atoms with Crippen molar-refractivity contribution < 1.29 is 19.5 Å². The van der Waals surface area contributed by atoms with Gasteiger partial charge in [-0.05, 0) is 25.0 Å². The Labute approximate surface area is 122 Å². The first-order valence-corrected chi connectivity index (χ1v) is 6.64. The Morgan fingerprint density at radius 1 is 1.14 bits per heavy atom. The van der Waals surface area contributed by atoms with Gasteiger partial charge in [-0.2, -0.15) is 0 Å². The molecule has 7 heteroatoms. The zero-order valence-corrected chi connectivity index (χ0v) is 11.8. The van der Waals surface area contributed by atoms with E-state index in [1.807, 2.05) is 0 Å². The van der Waals surface area contributed by atoms with Crippen LogP contribution in [0.4, 0.5) is 10.5 Å². The van der Waals surface area contributed by atoms with E-state index < -0.39 is 12.0 Å². The van der Waals surface area contributed by atoms with Crippen LogP contribution in [0.5, 0.6) is 0 Å². The number of anilines is 1. The molecule has 0 aliphatic carbocycles. The molecule has 0 unspecified atom stereocenters. The minimum absolute atomic E-state index is 0.0147. The number of nitrogens with one attached hydrogen (secondary N) is 3. The number of carboxylic acid groups (broad SMARTS) is 1. The number of likely N-dealkylation sites (N-methyl/N-ethyl adjacent to an activating group) is 1. The lowest BCUT2D eigenvalue weighted by molar-refractivity contribution is -0.137. The highest BCUT2D eigenvalue weighted by molar-refractivity contribution is 5.92. The van der Waals surface area contributed by atoms with Crippen molar-refractivity contribution in [2.75, 3.05) is 18.4 Å². The minimum Gasteiger partial charge on any atom is -0.481 e. The van der Waals surface area contributed by atoms with Gasteiger partial charge in [0.2, 0.25) is 5.91 Å². The molecule has 7 nitrogen and oxygen atoms in total. The average molecular weight is 293 g/mol. The molecule has 1 aromatic rings. The van der Waals surface area contributed by atoms with Gasteiger partial charge in [-0.1, -0.05) is 18.2 Å². The molecule has 0 fully saturated rings. The fraction of sp³-hybridized carbons (Fsp3) is 0.357. The number of carboxylic acids is 1. The van der Waals surface area contributed by atoms with Crippen molar-refractivity contribution >= 4 is 23.6 Å². The SMILES string of the molecule is CCNC(=O)CNC(=O)Nc1ccccc1CCC(=O)O. The molecule has 0 radical (unpaired) electrons. The van der Waals surface area contributed by atoms with Gasteiger partial charge in [0.25, 0.3) is 0 Å². The van der Waals surface area contributed by atoms with Crippen LogP contribution in [0.15, 0.2) is 24.3 Å². The van der Waals surface area contributed by atoms with E-state index in [1.165, 1.54) is 0 Å². The zero-order chi connectivity index (χ0) is 15.7. The highest BCUT2D eigenvalue weighted by atomic mass is 16.4. The van der Waals surface area contributed by atoms with Crippen molar-refractivity contribution in [3.05, 3.63) is 29.8 Å². The van der Waals surface area contributed by atoms with Crippen LogP contribution < -0.4 is 16.0 Å². The Morgan fingerprint density at radius 3 is 2.52 bits per heavy atom. The van der Waals surface area contributed by atoms with Gasteiger partial charge in [-0.3, -0.25) is 9.59 Å². The lowest BCUT2D eigenvalue weighted by Crippen LogP contribution is -2.38. The highest BCUT2D eigenvalue weighted by Crippen LogP contribution is 2.16. The van der Waals surface area contributed by atoms with E-state index in [9.17, 15) is 14.4 Å². The van der Waals surface area contributed by atoms with Crippen molar-refractivity contribution in [2.24, 2.45) is 0 Å². The second kappa shape index (κ2) is 8.57. The molecule has 0 saturated heterocycles. The summed E-state index contributed by atoms with van der Waals surface area (Å²) in [5.41, 5.74) is 1.26. The predicted molar refractivity (Wildman–Crippen MR) is 78.1 cm³/mol. The van der Waals surface area contributed by atoms with Crippen LogP contribution in [-0.4, -0.2) is 36.1 Å². The number of aliphatic carboxylic acids is 1. The van der Waals surface area contributed by atoms with Crippen LogP contribution in [0.2, 0.25) is 0 Å². The number of hydrogen-bond acceptors (Lipinski definition) is 3. The zero-order valence-electron chi connectivity index (χ0n) is 11.8.